The smallest absolute Gasteiger partial charge is 0.322 e. The van der Waals surface area contributed by atoms with E-state index >= 15 is 0 Å². The summed E-state index contributed by atoms with van der Waals surface area (Å²) in [4.78, 5) is 21.1. The van der Waals surface area contributed by atoms with Crippen LogP contribution in [0, 0.1) is 0 Å². The highest BCUT2D eigenvalue weighted by molar-refractivity contribution is 6.04. The Bertz CT molecular complexity index is 178. The molecule has 3 N–H and O–H groups in total. The fourth-order valence-corrected chi connectivity index (χ4v) is 0.772. The molecule has 1 aliphatic heterocycles. The SMILES string of the molecule is C[C@@H](O)[C@H]1NC(=O)NC1=O. The van der Waals surface area contributed by atoms with Gasteiger partial charge in [-0.25, -0.2) is 4.79 Å². The number of nitrogens with one attached hydrogen (secondary N) is 2. The number of aliphatic hydroxyl groups is 1. The van der Waals surface area contributed by atoms with Crippen LogP contribution in [-0.4, -0.2) is 29.2 Å². The first-order chi connectivity index (χ1) is 4.61. The van der Waals surface area contributed by atoms with Crippen LogP contribution in [0.3, 0.4) is 0 Å². The van der Waals surface area contributed by atoms with Gasteiger partial charge in [-0.1, -0.05) is 0 Å². The second-order valence-corrected chi connectivity index (χ2v) is 2.18. The van der Waals surface area contributed by atoms with Crippen LogP contribution in [0.1, 0.15) is 6.92 Å². The summed E-state index contributed by atoms with van der Waals surface area (Å²) in [5.74, 6) is -0.472. The van der Waals surface area contributed by atoms with Gasteiger partial charge >= 0.3 is 6.03 Å². The quantitative estimate of drug-likeness (QED) is 0.395. The van der Waals surface area contributed by atoms with Crippen molar-refractivity contribution in [2.24, 2.45) is 0 Å². The lowest BCUT2D eigenvalue weighted by atomic mass is 10.2. The highest BCUT2D eigenvalue weighted by Gasteiger charge is 2.32. The molecule has 0 radical (unpaired) electrons. The molecule has 0 aromatic heterocycles. The third kappa shape index (κ3) is 1.08. The Morgan fingerprint density at radius 2 is 2.20 bits per heavy atom. The molecule has 5 heteroatoms. The van der Waals surface area contributed by atoms with E-state index in [1.54, 1.807) is 0 Å². The Balaban J connectivity index is 2.63. The van der Waals surface area contributed by atoms with Crippen molar-refractivity contribution >= 4 is 11.9 Å². The largest absolute Gasteiger partial charge is 0.391 e. The van der Waals surface area contributed by atoms with Crippen molar-refractivity contribution in [3.05, 3.63) is 0 Å². The molecule has 0 saturated carbocycles. The molecule has 0 spiro atoms. The summed E-state index contributed by atoms with van der Waals surface area (Å²) in [7, 11) is 0. The number of carbonyl (C=O) groups is 2. The van der Waals surface area contributed by atoms with E-state index in [1.807, 2.05) is 5.32 Å². The Kier molecular flexibility index (Phi) is 1.58. The monoisotopic (exact) mass is 144 g/mol. The first-order valence-electron chi connectivity index (χ1n) is 2.90. The molecule has 3 amide bonds. The van der Waals surface area contributed by atoms with E-state index in [4.69, 9.17) is 5.11 Å². The molecular weight excluding hydrogens is 136 g/mol. The first-order valence-corrected chi connectivity index (χ1v) is 2.90. The molecule has 1 saturated heterocycles. The number of imide groups is 1. The minimum absolute atomic E-state index is 0.472. The van der Waals surface area contributed by atoms with Gasteiger partial charge in [0.05, 0.1) is 6.10 Å². The summed E-state index contributed by atoms with van der Waals surface area (Å²) in [6, 6.07) is -1.33. The Morgan fingerprint density at radius 3 is 2.40 bits per heavy atom. The summed E-state index contributed by atoms with van der Waals surface area (Å²) >= 11 is 0. The van der Waals surface area contributed by atoms with Crippen LogP contribution in [0.5, 0.6) is 0 Å². The maximum Gasteiger partial charge on any atom is 0.322 e. The predicted molar refractivity (Wildman–Crippen MR) is 32.1 cm³/mol. The highest BCUT2D eigenvalue weighted by atomic mass is 16.3. The molecule has 5 nitrogen and oxygen atoms in total. The zero-order valence-corrected chi connectivity index (χ0v) is 5.42. The molecule has 0 aromatic rings. The number of aliphatic hydroxyl groups excluding tert-OH is 1. The molecule has 56 valence electrons. The van der Waals surface area contributed by atoms with Crippen LogP contribution in [0.25, 0.3) is 0 Å². The molecule has 10 heavy (non-hydrogen) atoms. The van der Waals surface area contributed by atoms with Crippen LogP contribution in [0.4, 0.5) is 4.79 Å². The lowest BCUT2D eigenvalue weighted by Crippen LogP contribution is -2.38. The molecule has 0 aliphatic carbocycles. The van der Waals surface area contributed by atoms with Gasteiger partial charge in [-0.2, -0.15) is 0 Å². The topological polar surface area (TPSA) is 78.4 Å². The summed E-state index contributed by atoms with van der Waals surface area (Å²) in [5, 5.41) is 13.1. The van der Waals surface area contributed by atoms with Crippen LogP contribution in [0.15, 0.2) is 0 Å². The first kappa shape index (κ1) is 7.01. The zero-order chi connectivity index (χ0) is 7.72. The number of rotatable bonds is 1. The average molecular weight is 144 g/mol. The van der Waals surface area contributed by atoms with Crippen molar-refractivity contribution in [2.75, 3.05) is 0 Å². The summed E-state index contributed by atoms with van der Waals surface area (Å²) in [5.41, 5.74) is 0. The molecule has 1 fully saturated rings. The van der Waals surface area contributed by atoms with Gasteiger partial charge < -0.3 is 10.4 Å². The van der Waals surface area contributed by atoms with Crippen molar-refractivity contribution in [3.63, 3.8) is 0 Å². The van der Waals surface area contributed by atoms with Gasteiger partial charge in [-0.15, -0.1) is 0 Å². The third-order valence-electron chi connectivity index (χ3n) is 1.29. The Morgan fingerprint density at radius 1 is 1.60 bits per heavy atom. The Hall–Kier alpha value is -1.10. The van der Waals surface area contributed by atoms with Crippen molar-refractivity contribution in [1.82, 2.24) is 10.6 Å². The number of hydrogen-bond donors (Lipinski definition) is 3. The van der Waals surface area contributed by atoms with Crippen LogP contribution >= 0.6 is 0 Å². The van der Waals surface area contributed by atoms with E-state index in [9.17, 15) is 9.59 Å². The van der Waals surface area contributed by atoms with Gasteiger partial charge in [0.1, 0.15) is 6.04 Å². The molecule has 1 rings (SSSR count). The van der Waals surface area contributed by atoms with Gasteiger partial charge in [-0.3, -0.25) is 10.1 Å². The number of hydrogen-bond acceptors (Lipinski definition) is 3. The Labute approximate surface area is 57.4 Å². The summed E-state index contributed by atoms with van der Waals surface area (Å²) in [6.45, 7) is 1.44. The van der Waals surface area contributed by atoms with Gasteiger partial charge in [0.15, 0.2) is 0 Å². The lowest BCUT2D eigenvalue weighted by Gasteiger charge is -2.08. The second-order valence-electron chi connectivity index (χ2n) is 2.18. The van der Waals surface area contributed by atoms with Gasteiger partial charge in [0.2, 0.25) is 0 Å². The summed E-state index contributed by atoms with van der Waals surface area (Å²) < 4.78 is 0. The molecule has 2 atom stereocenters. The van der Waals surface area contributed by atoms with E-state index in [2.05, 4.69) is 5.32 Å². The molecule has 1 heterocycles. The predicted octanol–water partition coefficient (Wildman–Crippen LogP) is -1.42. The van der Waals surface area contributed by atoms with Crippen molar-refractivity contribution in [3.8, 4) is 0 Å². The number of amides is 3. The molecule has 0 bridgehead atoms. The second kappa shape index (κ2) is 2.26. The standard InChI is InChI=1S/C5H8N2O3/c1-2(8)3-4(9)7-5(10)6-3/h2-3,8H,1H3,(H2,6,7,9,10)/t2-,3-/m1/s1. The molecule has 0 aromatic carbocycles. The van der Waals surface area contributed by atoms with Gasteiger partial charge in [-0.05, 0) is 6.92 Å². The van der Waals surface area contributed by atoms with Crippen LogP contribution < -0.4 is 10.6 Å². The molecule has 0 unspecified atom stereocenters. The molecular formula is C5H8N2O3. The number of carbonyl (C=O) groups excluding carboxylic acids is 2. The fraction of sp³-hybridized carbons (Fsp3) is 0.600. The van der Waals surface area contributed by atoms with E-state index in [1.165, 1.54) is 6.92 Å². The lowest BCUT2D eigenvalue weighted by molar-refractivity contribution is -0.122. The average Bonchev–Trinajstić information content (AvgIpc) is 2.10. The summed E-state index contributed by atoms with van der Waals surface area (Å²) in [6.07, 6.45) is -0.841. The van der Waals surface area contributed by atoms with E-state index in [0.717, 1.165) is 0 Å². The minimum Gasteiger partial charge on any atom is -0.391 e. The van der Waals surface area contributed by atoms with Crippen molar-refractivity contribution in [2.45, 2.75) is 19.1 Å². The van der Waals surface area contributed by atoms with E-state index < -0.39 is 24.1 Å². The maximum absolute atomic E-state index is 10.7. The molecule has 1 aliphatic rings. The zero-order valence-electron chi connectivity index (χ0n) is 5.42. The van der Waals surface area contributed by atoms with E-state index in [0.29, 0.717) is 0 Å². The number of urea groups is 1. The minimum atomic E-state index is -0.841. The van der Waals surface area contributed by atoms with Crippen molar-refractivity contribution in [1.29, 1.82) is 0 Å². The van der Waals surface area contributed by atoms with Crippen molar-refractivity contribution < 1.29 is 14.7 Å². The van der Waals surface area contributed by atoms with Gasteiger partial charge in [0.25, 0.3) is 5.91 Å². The van der Waals surface area contributed by atoms with E-state index in [-0.39, 0.29) is 0 Å². The maximum atomic E-state index is 10.7. The van der Waals surface area contributed by atoms with Gasteiger partial charge in [0, 0.05) is 0 Å². The fourth-order valence-electron chi connectivity index (χ4n) is 0.772. The highest BCUT2D eigenvalue weighted by Crippen LogP contribution is 1.97. The third-order valence-corrected chi connectivity index (χ3v) is 1.29. The van der Waals surface area contributed by atoms with Crippen LogP contribution in [0.2, 0.25) is 0 Å². The normalized spacial score (nSPS) is 27.6. The van der Waals surface area contributed by atoms with Crippen LogP contribution in [-0.2, 0) is 4.79 Å².